The highest BCUT2D eigenvalue weighted by atomic mass is 16.5. The fourth-order valence-corrected chi connectivity index (χ4v) is 2.32. The van der Waals surface area contributed by atoms with Crippen molar-refractivity contribution in [2.45, 2.75) is 6.92 Å². The first-order chi connectivity index (χ1) is 12.0. The average molecular weight is 335 g/mol. The van der Waals surface area contributed by atoms with Crippen molar-refractivity contribution in [3.05, 3.63) is 76.3 Å². The number of rotatable bonds is 4. The molecular formula is C19H17N3O3. The minimum Gasteiger partial charge on any atom is -0.497 e. The molecular weight excluding hydrogens is 318 g/mol. The maximum absolute atomic E-state index is 12.4. The van der Waals surface area contributed by atoms with Crippen LogP contribution in [0, 0.1) is 6.92 Å². The number of carbonyl (C=O) groups is 1. The van der Waals surface area contributed by atoms with Crippen LogP contribution in [0.15, 0.2) is 59.4 Å². The molecule has 2 N–H and O–H groups in total. The molecule has 0 bridgehead atoms. The molecule has 1 aromatic heterocycles. The van der Waals surface area contributed by atoms with E-state index in [-0.39, 0.29) is 5.69 Å². The standard InChI is InChI=1S/C19H17N3O3/c1-12-3-7-14(8-4-12)20-18(23)17-11-16(21-19(24)22-17)13-5-9-15(25-2)10-6-13/h3-11H,1-2H3,(H,20,23)(H,21,22,24). The summed E-state index contributed by atoms with van der Waals surface area (Å²) in [5.41, 5.74) is 2.45. The number of H-pyrrole nitrogens is 1. The van der Waals surface area contributed by atoms with Crippen molar-refractivity contribution in [1.82, 2.24) is 9.97 Å². The number of anilines is 1. The van der Waals surface area contributed by atoms with Gasteiger partial charge < -0.3 is 15.0 Å². The van der Waals surface area contributed by atoms with Crippen LogP contribution in [-0.4, -0.2) is 23.0 Å². The van der Waals surface area contributed by atoms with Crippen molar-refractivity contribution >= 4 is 11.6 Å². The maximum atomic E-state index is 12.4. The Hall–Kier alpha value is -3.41. The largest absolute Gasteiger partial charge is 0.497 e. The van der Waals surface area contributed by atoms with Gasteiger partial charge in [-0.15, -0.1) is 0 Å². The van der Waals surface area contributed by atoms with Crippen LogP contribution in [0.2, 0.25) is 0 Å². The number of nitrogens with zero attached hydrogens (tertiary/aromatic N) is 1. The van der Waals surface area contributed by atoms with Gasteiger partial charge in [0.05, 0.1) is 12.8 Å². The molecule has 0 unspecified atom stereocenters. The van der Waals surface area contributed by atoms with Gasteiger partial charge >= 0.3 is 5.69 Å². The first-order valence-electron chi connectivity index (χ1n) is 7.69. The number of carbonyl (C=O) groups excluding carboxylic acids is 1. The molecule has 6 nitrogen and oxygen atoms in total. The first kappa shape index (κ1) is 16.4. The number of benzene rings is 2. The van der Waals surface area contributed by atoms with E-state index in [9.17, 15) is 9.59 Å². The Morgan fingerprint density at radius 2 is 1.76 bits per heavy atom. The van der Waals surface area contributed by atoms with Crippen molar-refractivity contribution in [2.75, 3.05) is 12.4 Å². The minimum absolute atomic E-state index is 0.145. The molecule has 126 valence electrons. The maximum Gasteiger partial charge on any atom is 0.346 e. The normalized spacial score (nSPS) is 10.3. The summed E-state index contributed by atoms with van der Waals surface area (Å²) in [6.45, 7) is 1.97. The van der Waals surface area contributed by atoms with E-state index in [1.165, 1.54) is 0 Å². The van der Waals surface area contributed by atoms with E-state index in [1.807, 2.05) is 19.1 Å². The monoisotopic (exact) mass is 335 g/mol. The molecule has 0 aliphatic heterocycles. The molecule has 0 saturated heterocycles. The van der Waals surface area contributed by atoms with Gasteiger partial charge in [-0.05, 0) is 49.4 Å². The van der Waals surface area contributed by atoms with Crippen LogP contribution in [0.1, 0.15) is 16.1 Å². The van der Waals surface area contributed by atoms with Crippen LogP contribution in [0.25, 0.3) is 11.3 Å². The van der Waals surface area contributed by atoms with E-state index >= 15 is 0 Å². The van der Waals surface area contributed by atoms with Crippen LogP contribution in [0.5, 0.6) is 5.75 Å². The van der Waals surface area contributed by atoms with Crippen molar-refractivity contribution in [3.63, 3.8) is 0 Å². The van der Waals surface area contributed by atoms with Crippen molar-refractivity contribution in [2.24, 2.45) is 0 Å². The molecule has 0 fully saturated rings. The lowest BCUT2D eigenvalue weighted by molar-refractivity contribution is 0.102. The Kier molecular flexibility index (Phi) is 4.61. The summed E-state index contributed by atoms with van der Waals surface area (Å²) >= 11 is 0. The molecule has 0 spiro atoms. The van der Waals surface area contributed by atoms with Gasteiger partial charge in [0.1, 0.15) is 11.4 Å². The fourth-order valence-electron chi connectivity index (χ4n) is 2.32. The molecule has 0 aliphatic carbocycles. The van der Waals surface area contributed by atoms with Crippen LogP contribution in [0.4, 0.5) is 5.69 Å². The second kappa shape index (κ2) is 7.00. The SMILES string of the molecule is COc1ccc(-c2cc(C(=O)Nc3ccc(C)cc3)[nH]c(=O)n2)cc1. The molecule has 2 aromatic carbocycles. The van der Waals surface area contributed by atoms with E-state index in [4.69, 9.17) is 4.74 Å². The van der Waals surface area contributed by atoms with Crippen LogP contribution in [-0.2, 0) is 0 Å². The highest BCUT2D eigenvalue weighted by Gasteiger charge is 2.11. The molecule has 6 heteroatoms. The zero-order chi connectivity index (χ0) is 17.8. The molecule has 0 aliphatic rings. The third kappa shape index (κ3) is 3.92. The molecule has 0 radical (unpaired) electrons. The molecule has 1 heterocycles. The number of methoxy groups -OCH3 is 1. The summed E-state index contributed by atoms with van der Waals surface area (Å²) in [7, 11) is 1.58. The van der Waals surface area contributed by atoms with E-state index < -0.39 is 11.6 Å². The zero-order valence-electron chi connectivity index (χ0n) is 13.9. The second-order valence-electron chi connectivity index (χ2n) is 5.53. The number of aromatic nitrogens is 2. The highest BCUT2D eigenvalue weighted by molar-refractivity contribution is 6.03. The van der Waals surface area contributed by atoms with Gasteiger partial charge in [0, 0.05) is 11.3 Å². The number of aromatic amines is 1. The van der Waals surface area contributed by atoms with Crippen molar-refractivity contribution in [3.8, 4) is 17.0 Å². The summed E-state index contributed by atoms with van der Waals surface area (Å²) < 4.78 is 5.11. The summed E-state index contributed by atoms with van der Waals surface area (Å²) in [5.74, 6) is 0.295. The van der Waals surface area contributed by atoms with Gasteiger partial charge in [-0.25, -0.2) is 4.79 Å². The highest BCUT2D eigenvalue weighted by Crippen LogP contribution is 2.20. The van der Waals surface area contributed by atoms with Gasteiger partial charge in [-0.1, -0.05) is 17.7 Å². The number of hydrogen-bond acceptors (Lipinski definition) is 4. The number of amides is 1. The molecule has 3 rings (SSSR count). The predicted molar refractivity (Wildman–Crippen MR) is 96.0 cm³/mol. The third-order valence-corrected chi connectivity index (χ3v) is 3.68. The molecule has 1 amide bonds. The summed E-state index contributed by atoms with van der Waals surface area (Å²) in [4.78, 5) is 30.6. The molecule has 0 atom stereocenters. The Balaban J connectivity index is 1.88. The van der Waals surface area contributed by atoms with E-state index in [2.05, 4.69) is 15.3 Å². The Morgan fingerprint density at radius 1 is 1.08 bits per heavy atom. The summed E-state index contributed by atoms with van der Waals surface area (Å²) in [5, 5.41) is 2.75. The summed E-state index contributed by atoms with van der Waals surface area (Å²) in [6.07, 6.45) is 0. The predicted octanol–water partition coefficient (Wildman–Crippen LogP) is 3.01. The Morgan fingerprint density at radius 3 is 2.40 bits per heavy atom. The lowest BCUT2D eigenvalue weighted by Crippen LogP contribution is -2.21. The summed E-state index contributed by atoms with van der Waals surface area (Å²) in [6, 6.07) is 16.0. The van der Waals surface area contributed by atoms with E-state index in [1.54, 1.807) is 49.6 Å². The van der Waals surface area contributed by atoms with Crippen LogP contribution >= 0.6 is 0 Å². The smallest absolute Gasteiger partial charge is 0.346 e. The molecule has 0 saturated carbocycles. The zero-order valence-corrected chi connectivity index (χ0v) is 13.9. The first-order valence-corrected chi connectivity index (χ1v) is 7.69. The number of hydrogen-bond donors (Lipinski definition) is 2. The van der Waals surface area contributed by atoms with Crippen molar-refractivity contribution in [1.29, 1.82) is 0 Å². The van der Waals surface area contributed by atoms with Crippen LogP contribution in [0.3, 0.4) is 0 Å². The average Bonchev–Trinajstić information content (AvgIpc) is 2.63. The molecule has 3 aromatic rings. The fraction of sp³-hybridized carbons (Fsp3) is 0.105. The van der Waals surface area contributed by atoms with Gasteiger partial charge in [0.15, 0.2) is 0 Å². The Labute approximate surface area is 144 Å². The van der Waals surface area contributed by atoms with E-state index in [0.29, 0.717) is 17.1 Å². The second-order valence-corrected chi connectivity index (χ2v) is 5.53. The third-order valence-electron chi connectivity index (χ3n) is 3.68. The van der Waals surface area contributed by atoms with Gasteiger partial charge in [0.2, 0.25) is 0 Å². The van der Waals surface area contributed by atoms with Gasteiger partial charge in [0.25, 0.3) is 5.91 Å². The van der Waals surface area contributed by atoms with E-state index in [0.717, 1.165) is 11.1 Å². The van der Waals surface area contributed by atoms with Gasteiger partial charge in [-0.3, -0.25) is 4.79 Å². The van der Waals surface area contributed by atoms with Crippen LogP contribution < -0.4 is 15.7 Å². The lowest BCUT2D eigenvalue weighted by Gasteiger charge is -2.07. The quantitative estimate of drug-likeness (QED) is 0.767. The number of aryl methyl sites for hydroxylation is 1. The number of ether oxygens (including phenoxy) is 1. The Bertz CT molecular complexity index is 945. The van der Waals surface area contributed by atoms with Crippen molar-refractivity contribution < 1.29 is 9.53 Å². The molecule has 25 heavy (non-hydrogen) atoms. The topological polar surface area (TPSA) is 84.1 Å². The number of nitrogens with one attached hydrogen (secondary N) is 2. The lowest BCUT2D eigenvalue weighted by atomic mass is 10.1. The minimum atomic E-state index is -0.581. The van der Waals surface area contributed by atoms with Gasteiger partial charge in [-0.2, -0.15) is 4.98 Å².